The number of nitrogens with zero attached hydrogens (tertiary/aromatic N) is 1. The fraction of sp³-hybridized carbons (Fsp3) is 0.143. The van der Waals surface area contributed by atoms with Crippen molar-refractivity contribution >= 4 is 74.9 Å². The molecule has 0 saturated heterocycles. The lowest BCUT2D eigenvalue weighted by atomic mass is 10.1. The van der Waals surface area contributed by atoms with Gasteiger partial charge in [-0.05, 0) is 55.0 Å². The molecular formula is C28H23Cl2N3O4S2. The predicted octanol–water partition coefficient (Wildman–Crippen LogP) is 7.28. The van der Waals surface area contributed by atoms with Crippen molar-refractivity contribution in [1.29, 1.82) is 0 Å². The molecule has 3 aromatic carbocycles. The Hall–Kier alpha value is -3.37. The SMILES string of the molecule is CCOC(=O)Cc1csc(NC(=O)C(Sc2ccc(NC(=O)c3ccc(Cl)cc3Cl)cc2)c2ccccc2)n1. The summed E-state index contributed by atoms with van der Waals surface area (Å²) >= 11 is 14.7. The minimum atomic E-state index is -0.572. The first kappa shape index (κ1) is 28.6. The Labute approximate surface area is 243 Å². The van der Waals surface area contributed by atoms with Gasteiger partial charge >= 0.3 is 5.97 Å². The van der Waals surface area contributed by atoms with Gasteiger partial charge in [0.05, 0.1) is 29.3 Å². The van der Waals surface area contributed by atoms with E-state index in [1.54, 1.807) is 36.6 Å². The van der Waals surface area contributed by atoms with Crippen LogP contribution in [0.3, 0.4) is 0 Å². The maximum absolute atomic E-state index is 13.3. The second-order valence-electron chi connectivity index (χ2n) is 8.13. The topological polar surface area (TPSA) is 97.4 Å². The van der Waals surface area contributed by atoms with Gasteiger partial charge in [0, 0.05) is 21.0 Å². The van der Waals surface area contributed by atoms with E-state index >= 15 is 0 Å². The van der Waals surface area contributed by atoms with Gasteiger partial charge in [-0.2, -0.15) is 0 Å². The molecule has 1 unspecified atom stereocenters. The summed E-state index contributed by atoms with van der Waals surface area (Å²) < 4.78 is 4.96. The number of halogens is 2. The highest BCUT2D eigenvalue weighted by atomic mass is 35.5. The summed E-state index contributed by atoms with van der Waals surface area (Å²) in [5.41, 5.74) is 2.24. The van der Waals surface area contributed by atoms with E-state index in [1.165, 1.54) is 29.2 Å². The molecule has 0 aliphatic heterocycles. The Bertz CT molecular complexity index is 1460. The molecule has 2 amide bonds. The van der Waals surface area contributed by atoms with Crippen LogP contribution in [0.15, 0.2) is 83.1 Å². The van der Waals surface area contributed by atoms with Crippen LogP contribution >= 0.6 is 46.3 Å². The quantitative estimate of drug-likeness (QED) is 0.147. The largest absolute Gasteiger partial charge is 0.466 e. The Morgan fingerprint density at radius 1 is 1.00 bits per heavy atom. The summed E-state index contributed by atoms with van der Waals surface area (Å²) in [4.78, 5) is 42.9. The van der Waals surface area contributed by atoms with Crippen molar-refractivity contribution in [2.24, 2.45) is 0 Å². The number of aromatic nitrogens is 1. The zero-order valence-corrected chi connectivity index (χ0v) is 23.8. The smallest absolute Gasteiger partial charge is 0.311 e. The first-order chi connectivity index (χ1) is 18.8. The number of amides is 2. The van der Waals surface area contributed by atoms with Gasteiger partial charge < -0.3 is 15.4 Å². The number of thiazole rings is 1. The van der Waals surface area contributed by atoms with Crippen molar-refractivity contribution in [2.75, 3.05) is 17.2 Å². The molecule has 2 N–H and O–H groups in total. The summed E-state index contributed by atoms with van der Waals surface area (Å²) in [6, 6.07) is 21.2. The van der Waals surface area contributed by atoms with E-state index in [1.807, 2.05) is 42.5 Å². The third kappa shape index (κ3) is 8.06. The monoisotopic (exact) mass is 599 g/mol. The van der Waals surface area contributed by atoms with E-state index in [2.05, 4.69) is 15.6 Å². The fourth-order valence-electron chi connectivity index (χ4n) is 3.50. The molecule has 0 saturated carbocycles. The van der Waals surface area contributed by atoms with Crippen LogP contribution in [-0.4, -0.2) is 29.4 Å². The van der Waals surface area contributed by atoms with Gasteiger partial charge in [0.15, 0.2) is 5.13 Å². The van der Waals surface area contributed by atoms with Crippen LogP contribution in [0.4, 0.5) is 10.8 Å². The maximum atomic E-state index is 13.3. The summed E-state index contributed by atoms with van der Waals surface area (Å²) in [5, 5.41) is 7.94. The van der Waals surface area contributed by atoms with E-state index in [0.717, 1.165) is 10.5 Å². The molecule has 1 atom stereocenters. The summed E-state index contributed by atoms with van der Waals surface area (Å²) in [6.45, 7) is 2.04. The number of hydrogen-bond donors (Lipinski definition) is 2. The lowest BCUT2D eigenvalue weighted by Gasteiger charge is -2.16. The number of thioether (sulfide) groups is 1. The van der Waals surface area contributed by atoms with Crippen LogP contribution in [0.5, 0.6) is 0 Å². The highest BCUT2D eigenvalue weighted by Gasteiger charge is 2.23. The number of anilines is 2. The van der Waals surface area contributed by atoms with Gasteiger partial charge in [-0.1, -0.05) is 53.5 Å². The van der Waals surface area contributed by atoms with E-state index in [9.17, 15) is 14.4 Å². The van der Waals surface area contributed by atoms with E-state index < -0.39 is 5.25 Å². The standard InChI is InChI=1S/C28H23Cl2N3O4S2/c1-2-37-24(34)15-20-16-38-28(32-20)33-27(36)25(17-6-4-3-5-7-17)39-21-11-9-19(10-12-21)31-26(35)22-13-8-18(29)14-23(22)30/h3-14,16,25H,2,15H2,1H3,(H,31,35)(H,32,33,36). The van der Waals surface area contributed by atoms with Crippen LogP contribution in [0.1, 0.15) is 33.8 Å². The molecule has 200 valence electrons. The number of carbonyl (C=O) groups excluding carboxylic acids is 3. The first-order valence-electron chi connectivity index (χ1n) is 11.8. The van der Waals surface area contributed by atoms with Crippen LogP contribution in [-0.2, 0) is 20.7 Å². The van der Waals surface area contributed by atoms with Crippen LogP contribution in [0.25, 0.3) is 0 Å². The van der Waals surface area contributed by atoms with Crippen LogP contribution in [0.2, 0.25) is 10.0 Å². The van der Waals surface area contributed by atoms with Crippen molar-refractivity contribution in [1.82, 2.24) is 4.98 Å². The molecule has 0 fully saturated rings. The Morgan fingerprint density at radius 3 is 2.44 bits per heavy atom. The molecule has 0 aliphatic carbocycles. The molecule has 0 bridgehead atoms. The molecule has 0 aliphatic rings. The Kier molecular flexibility index (Phi) is 10.00. The number of benzene rings is 3. The number of rotatable bonds is 10. The fourth-order valence-corrected chi connectivity index (χ4v) is 5.73. The second-order valence-corrected chi connectivity index (χ2v) is 11.0. The van der Waals surface area contributed by atoms with Crippen molar-refractivity contribution < 1.29 is 19.1 Å². The number of nitrogens with one attached hydrogen (secondary N) is 2. The maximum Gasteiger partial charge on any atom is 0.311 e. The van der Waals surface area contributed by atoms with Gasteiger partial charge in [0.25, 0.3) is 5.91 Å². The third-order valence-corrected chi connectivity index (χ3v) is 7.92. The van der Waals surface area contributed by atoms with Crippen molar-refractivity contribution in [3.8, 4) is 0 Å². The summed E-state index contributed by atoms with van der Waals surface area (Å²) in [5.74, 6) is -0.975. The number of ether oxygens (including phenoxy) is 1. The molecule has 4 aromatic rings. The molecule has 1 heterocycles. The molecular weight excluding hydrogens is 577 g/mol. The van der Waals surface area contributed by atoms with Gasteiger partial charge in [-0.15, -0.1) is 23.1 Å². The highest BCUT2D eigenvalue weighted by Crippen LogP contribution is 2.37. The normalized spacial score (nSPS) is 11.5. The Morgan fingerprint density at radius 2 is 1.74 bits per heavy atom. The Balaban J connectivity index is 1.45. The molecule has 0 spiro atoms. The molecule has 0 radical (unpaired) electrons. The van der Waals surface area contributed by atoms with Gasteiger partial charge in [0.2, 0.25) is 5.91 Å². The van der Waals surface area contributed by atoms with Gasteiger partial charge in [-0.25, -0.2) is 4.98 Å². The number of esters is 1. The van der Waals surface area contributed by atoms with Crippen molar-refractivity contribution in [2.45, 2.75) is 23.5 Å². The lowest BCUT2D eigenvalue weighted by molar-refractivity contribution is -0.142. The molecule has 11 heteroatoms. The highest BCUT2D eigenvalue weighted by molar-refractivity contribution is 8.00. The van der Waals surface area contributed by atoms with Gasteiger partial charge in [-0.3, -0.25) is 14.4 Å². The molecule has 4 rings (SSSR count). The summed E-state index contributed by atoms with van der Waals surface area (Å²) in [6.07, 6.45) is 0.0458. The zero-order valence-electron chi connectivity index (χ0n) is 20.6. The minimum Gasteiger partial charge on any atom is -0.466 e. The van der Waals surface area contributed by atoms with E-state index in [4.69, 9.17) is 27.9 Å². The van der Waals surface area contributed by atoms with Gasteiger partial charge in [0.1, 0.15) is 5.25 Å². The number of hydrogen-bond acceptors (Lipinski definition) is 7. The average Bonchev–Trinajstić information content (AvgIpc) is 3.35. The molecule has 1 aromatic heterocycles. The van der Waals surface area contributed by atoms with Crippen molar-refractivity contribution in [3.63, 3.8) is 0 Å². The van der Waals surface area contributed by atoms with Crippen LogP contribution in [0, 0.1) is 0 Å². The second kappa shape index (κ2) is 13.6. The first-order valence-corrected chi connectivity index (χ1v) is 14.3. The third-order valence-electron chi connectivity index (χ3n) is 5.29. The van der Waals surface area contributed by atoms with E-state index in [-0.39, 0.29) is 29.2 Å². The number of carbonyl (C=O) groups is 3. The van der Waals surface area contributed by atoms with Crippen LogP contribution < -0.4 is 10.6 Å². The minimum absolute atomic E-state index is 0.0458. The zero-order chi connectivity index (χ0) is 27.8. The lowest BCUT2D eigenvalue weighted by Crippen LogP contribution is -2.19. The average molecular weight is 601 g/mol. The molecule has 39 heavy (non-hydrogen) atoms. The summed E-state index contributed by atoms with van der Waals surface area (Å²) in [7, 11) is 0. The van der Waals surface area contributed by atoms with Crippen molar-refractivity contribution in [3.05, 3.63) is 105 Å². The predicted molar refractivity (Wildman–Crippen MR) is 157 cm³/mol. The van der Waals surface area contributed by atoms with E-state index in [0.29, 0.717) is 33.7 Å². The molecule has 7 nitrogen and oxygen atoms in total.